The highest BCUT2D eigenvalue weighted by Crippen LogP contribution is 2.11. The quantitative estimate of drug-likeness (QED) is 0.497. The molecular weight excluding hydrogens is 328 g/mol. The van der Waals surface area contributed by atoms with E-state index in [0.29, 0.717) is 6.61 Å². The van der Waals surface area contributed by atoms with Gasteiger partial charge in [0.15, 0.2) is 6.04 Å². The van der Waals surface area contributed by atoms with Gasteiger partial charge in [-0.2, -0.15) is 0 Å². The van der Waals surface area contributed by atoms with Crippen LogP contribution in [0.2, 0.25) is 0 Å². The Balaban J connectivity index is 4.74. The number of esters is 1. The zero-order valence-corrected chi connectivity index (χ0v) is 16.4. The molecule has 0 rings (SSSR count). The van der Waals surface area contributed by atoms with E-state index in [1.165, 1.54) is 19.1 Å². The molecule has 1 N–H and O–H groups in total. The molecule has 146 valence electrons. The third-order valence-corrected chi connectivity index (χ3v) is 3.37. The van der Waals surface area contributed by atoms with Crippen LogP contribution in [0, 0.1) is 0 Å². The topological polar surface area (TPSA) is 94.2 Å². The maximum atomic E-state index is 12.4. The lowest BCUT2D eigenvalue weighted by atomic mass is 10.2. The third-order valence-electron chi connectivity index (χ3n) is 3.37. The molecule has 0 aliphatic rings. The molecule has 2 atom stereocenters. The molecule has 0 radical (unpaired) electrons. The number of rotatable bonds is 9. The summed E-state index contributed by atoms with van der Waals surface area (Å²) in [5.74, 6) is -1.10. The molecule has 0 bridgehead atoms. The van der Waals surface area contributed by atoms with E-state index in [4.69, 9.17) is 9.47 Å². The van der Waals surface area contributed by atoms with Gasteiger partial charge in [-0.15, -0.1) is 0 Å². The Kier molecular flexibility index (Phi) is 10.1. The van der Waals surface area contributed by atoms with Crippen molar-refractivity contribution in [1.29, 1.82) is 0 Å². The van der Waals surface area contributed by atoms with Gasteiger partial charge in [0.2, 0.25) is 5.91 Å². The van der Waals surface area contributed by atoms with E-state index in [1.54, 1.807) is 27.7 Å². The number of amides is 2. The molecule has 0 aliphatic carbocycles. The molecule has 8 heteroatoms. The molecule has 0 aromatic rings. The van der Waals surface area contributed by atoms with E-state index < -0.39 is 35.7 Å². The Labute approximate surface area is 150 Å². The van der Waals surface area contributed by atoms with Crippen molar-refractivity contribution in [3.8, 4) is 0 Å². The van der Waals surface area contributed by atoms with Crippen LogP contribution in [0.5, 0.6) is 0 Å². The molecule has 0 saturated carbocycles. The number of nitrogens with one attached hydrogen (secondary N) is 1. The molecule has 0 unspecified atom stereocenters. The zero-order chi connectivity index (χ0) is 19.6. The average molecular weight is 360 g/mol. The lowest BCUT2D eigenvalue weighted by molar-refractivity contribution is -0.147. The van der Waals surface area contributed by atoms with E-state index in [2.05, 4.69) is 10.1 Å². The first-order valence-electron chi connectivity index (χ1n) is 8.45. The first-order valence-corrected chi connectivity index (χ1v) is 8.45. The molecule has 2 amide bonds. The SMILES string of the molecule is CCCCOC[C@@H](NC(=O)[C@@H](C)N(C)C(=O)OC(C)(C)C)C(=O)OC. The van der Waals surface area contributed by atoms with Crippen molar-refractivity contribution in [3.05, 3.63) is 0 Å². The summed E-state index contributed by atoms with van der Waals surface area (Å²) in [5.41, 5.74) is -0.663. The summed E-state index contributed by atoms with van der Waals surface area (Å²) in [7, 11) is 2.70. The molecule has 0 aromatic heterocycles. The van der Waals surface area contributed by atoms with Crippen LogP contribution < -0.4 is 5.32 Å². The number of nitrogens with zero attached hydrogens (tertiary/aromatic N) is 1. The number of unbranched alkanes of at least 4 members (excludes halogenated alkanes) is 1. The summed E-state index contributed by atoms with van der Waals surface area (Å²) >= 11 is 0. The normalized spacial score (nSPS) is 13.6. The van der Waals surface area contributed by atoms with Crippen LogP contribution in [0.25, 0.3) is 0 Å². The average Bonchev–Trinajstić information content (AvgIpc) is 2.53. The van der Waals surface area contributed by atoms with E-state index in [0.717, 1.165) is 12.8 Å². The number of ether oxygens (including phenoxy) is 3. The second kappa shape index (κ2) is 10.9. The van der Waals surface area contributed by atoms with Crippen LogP contribution in [-0.2, 0) is 23.8 Å². The molecular formula is C17H32N2O6. The first kappa shape index (κ1) is 23.2. The second-order valence-corrected chi connectivity index (χ2v) is 6.78. The Bertz CT molecular complexity index is 447. The monoisotopic (exact) mass is 360 g/mol. The number of carbonyl (C=O) groups excluding carboxylic acids is 3. The van der Waals surface area contributed by atoms with E-state index >= 15 is 0 Å². The van der Waals surface area contributed by atoms with Gasteiger partial charge in [-0.3, -0.25) is 9.69 Å². The highest BCUT2D eigenvalue weighted by molar-refractivity contribution is 5.89. The van der Waals surface area contributed by atoms with Crippen molar-refractivity contribution >= 4 is 18.0 Å². The number of likely N-dealkylation sites (N-methyl/N-ethyl adjacent to an activating group) is 1. The maximum Gasteiger partial charge on any atom is 0.410 e. The smallest absolute Gasteiger partial charge is 0.410 e. The molecule has 0 saturated heterocycles. The minimum absolute atomic E-state index is 0.0152. The summed E-state index contributed by atoms with van der Waals surface area (Å²) in [4.78, 5) is 37.4. The van der Waals surface area contributed by atoms with Crippen LogP contribution in [-0.4, -0.2) is 67.9 Å². The van der Waals surface area contributed by atoms with E-state index in [9.17, 15) is 14.4 Å². The summed E-state index contributed by atoms with van der Waals surface area (Å²) in [5, 5.41) is 2.56. The molecule has 0 fully saturated rings. The van der Waals surface area contributed by atoms with Crippen molar-refractivity contribution in [1.82, 2.24) is 10.2 Å². The Hall–Kier alpha value is -1.83. The largest absolute Gasteiger partial charge is 0.467 e. The minimum atomic E-state index is -0.927. The highest BCUT2D eigenvalue weighted by atomic mass is 16.6. The standard InChI is InChI=1S/C17H32N2O6/c1-8-9-10-24-11-13(15(21)23-7)18-14(20)12(2)19(6)16(22)25-17(3,4)5/h12-13H,8-11H2,1-7H3,(H,18,20)/t12-,13-/m1/s1. The maximum absolute atomic E-state index is 12.4. The number of methoxy groups -OCH3 is 1. The summed E-state index contributed by atoms with van der Waals surface area (Å²) in [6.07, 6.45) is 1.20. The molecule has 8 nitrogen and oxygen atoms in total. The van der Waals surface area contributed by atoms with Gasteiger partial charge in [0.1, 0.15) is 11.6 Å². The molecule has 0 aromatic carbocycles. The number of hydrogen-bond acceptors (Lipinski definition) is 6. The van der Waals surface area contributed by atoms with Gasteiger partial charge < -0.3 is 19.5 Å². The van der Waals surface area contributed by atoms with Gasteiger partial charge in [0.05, 0.1) is 13.7 Å². The summed E-state index contributed by atoms with van der Waals surface area (Å²) in [6.45, 7) is 9.30. The lowest BCUT2D eigenvalue weighted by Gasteiger charge is -2.29. The zero-order valence-electron chi connectivity index (χ0n) is 16.4. The molecule has 25 heavy (non-hydrogen) atoms. The second-order valence-electron chi connectivity index (χ2n) is 6.78. The van der Waals surface area contributed by atoms with Crippen LogP contribution >= 0.6 is 0 Å². The number of hydrogen-bond donors (Lipinski definition) is 1. The molecule has 0 heterocycles. The van der Waals surface area contributed by atoms with Crippen molar-refractivity contribution in [2.24, 2.45) is 0 Å². The van der Waals surface area contributed by atoms with Gasteiger partial charge in [-0.25, -0.2) is 9.59 Å². The first-order chi connectivity index (χ1) is 11.5. The van der Waals surface area contributed by atoms with E-state index in [-0.39, 0.29) is 6.61 Å². The fraction of sp³-hybridized carbons (Fsp3) is 0.824. The van der Waals surface area contributed by atoms with Crippen LogP contribution in [0.1, 0.15) is 47.5 Å². The Morgan fingerprint density at radius 1 is 1.20 bits per heavy atom. The Morgan fingerprint density at radius 2 is 1.80 bits per heavy atom. The van der Waals surface area contributed by atoms with Crippen LogP contribution in [0.15, 0.2) is 0 Å². The summed E-state index contributed by atoms with van der Waals surface area (Å²) < 4.78 is 15.3. The van der Waals surface area contributed by atoms with Gasteiger partial charge in [0, 0.05) is 13.7 Å². The van der Waals surface area contributed by atoms with Crippen molar-refractivity contribution < 1.29 is 28.6 Å². The predicted molar refractivity (Wildman–Crippen MR) is 93.1 cm³/mol. The molecule has 0 spiro atoms. The van der Waals surface area contributed by atoms with Crippen molar-refractivity contribution in [2.75, 3.05) is 27.4 Å². The fourth-order valence-electron chi connectivity index (χ4n) is 1.72. The lowest BCUT2D eigenvalue weighted by Crippen LogP contribution is -2.53. The van der Waals surface area contributed by atoms with Crippen LogP contribution in [0.3, 0.4) is 0 Å². The van der Waals surface area contributed by atoms with E-state index in [1.807, 2.05) is 6.92 Å². The van der Waals surface area contributed by atoms with Crippen molar-refractivity contribution in [2.45, 2.75) is 65.1 Å². The highest BCUT2D eigenvalue weighted by Gasteiger charge is 2.30. The van der Waals surface area contributed by atoms with Crippen molar-refractivity contribution in [3.63, 3.8) is 0 Å². The molecule has 0 aliphatic heterocycles. The Morgan fingerprint density at radius 3 is 2.28 bits per heavy atom. The minimum Gasteiger partial charge on any atom is -0.467 e. The number of carbonyl (C=O) groups is 3. The fourth-order valence-corrected chi connectivity index (χ4v) is 1.72. The van der Waals surface area contributed by atoms with Crippen LogP contribution in [0.4, 0.5) is 4.79 Å². The van der Waals surface area contributed by atoms with Gasteiger partial charge in [-0.05, 0) is 34.1 Å². The summed E-state index contributed by atoms with van der Waals surface area (Å²) in [6, 6.07) is -1.75. The van der Waals surface area contributed by atoms with Gasteiger partial charge in [-0.1, -0.05) is 13.3 Å². The predicted octanol–water partition coefficient (Wildman–Crippen LogP) is 1.72. The van der Waals surface area contributed by atoms with Gasteiger partial charge in [0.25, 0.3) is 0 Å². The third kappa shape index (κ3) is 9.28. The van der Waals surface area contributed by atoms with Gasteiger partial charge >= 0.3 is 12.1 Å².